The molecule has 0 radical (unpaired) electrons. The predicted octanol–water partition coefficient (Wildman–Crippen LogP) is 2.10. The highest BCUT2D eigenvalue weighted by molar-refractivity contribution is 9.10. The number of halogens is 1. The maximum absolute atomic E-state index is 12.5. The van der Waals surface area contributed by atoms with Crippen molar-refractivity contribution in [3.8, 4) is 11.6 Å². The van der Waals surface area contributed by atoms with E-state index >= 15 is 0 Å². The van der Waals surface area contributed by atoms with Gasteiger partial charge in [0.1, 0.15) is 24.4 Å². The molecule has 9 heteroatoms. The summed E-state index contributed by atoms with van der Waals surface area (Å²) in [5.74, 6) is 1.23. The highest BCUT2D eigenvalue weighted by atomic mass is 79.9. The average molecular weight is 417 g/mol. The second-order valence-corrected chi connectivity index (χ2v) is 6.79. The lowest BCUT2D eigenvalue weighted by molar-refractivity contribution is 0.102. The van der Waals surface area contributed by atoms with E-state index in [-0.39, 0.29) is 5.91 Å². The van der Waals surface area contributed by atoms with Crippen molar-refractivity contribution in [2.24, 2.45) is 7.05 Å². The molecule has 1 aromatic carbocycles. The normalized spacial score (nSPS) is 13.6. The van der Waals surface area contributed by atoms with Crippen LogP contribution in [0.4, 0.5) is 5.69 Å². The molecule has 8 nitrogen and oxygen atoms in total. The number of hydrogen-bond acceptors (Lipinski definition) is 5. The molecule has 1 amide bonds. The molecule has 1 aliphatic rings. The van der Waals surface area contributed by atoms with Crippen molar-refractivity contribution < 1.29 is 9.53 Å². The highest BCUT2D eigenvalue weighted by Crippen LogP contribution is 2.33. The summed E-state index contributed by atoms with van der Waals surface area (Å²) in [6.07, 6.45) is 5.06. The average Bonchev–Trinajstić information content (AvgIpc) is 3.19. The predicted molar refractivity (Wildman–Crippen MR) is 99.6 cm³/mol. The zero-order valence-corrected chi connectivity index (χ0v) is 15.7. The van der Waals surface area contributed by atoms with Gasteiger partial charge >= 0.3 is 0 Å². The van der Waals surface area contributed by atoms with Crippen molar-refractivity contribution in [2.75, 3.05) is 18.5 Å². The highest BCUT2D eigenvalue weighted by Gasteiger charge is 2.16. The van der Waals surface area contributed by atoms with Crippen LogP contribution < -0.4 is 15.4 Å². The minimum atomic E-state index is -0.283. The second-order valence-electron chi connectivity index (χ2n) is 5.94. The van der Waals surface area contributed by atoms with Gasteiger partial charge in [-0.2, -0.15) is 5.10 Å². The van der Waals surface area contributed by atoms with Gasteiger partial charge in [-0.1, -0.05) is 0 Å². The molecule has 0 spiro atoms. The van der Waals surface area contributed by atoms with Gasteiger partial charge in [-0.3, -0.25) is 14.0 Å². The second kappa shape index (κ2) is 6.93. The Hall–Kier alpha value is -2.65. The van der Waals surface area contributed by atoms with Gasteiger partial charge in [0.15, 0.2) is 5.82 Å². The van der Waals surface area contributed by atoms with E-state index < -0.39 is 0 Å². The van der Waals surface area contributed by atoms with Crippen LogP contribution >= 0.6 is 15.9 Å². The third-order valence-corrected chi connectivity index (χ3v) is 4.59. The zero-order valence-electron chi connectivity index (χ0n) is 14.1. The number of aryl methyl sites for hydroxylation is 1. The Morgan fingerprint density at radius 2 is 2.31 bits per heavy atom. The van der Waals surface area contributed by atoms with E-state index in [0.717, 1.165) is 22.3 Å². The molecule has 0 fully saturated rings. The number of ether oxygens (including phenoxy) is 1. The number of hydrogen-bond donors (Lipinski definition) is 2. The first-order valence-electron chi connectivity index (χ1n) is 8.11. The van der Waals surface area contributed by atoms with Crippen LogP contribution in [-0.2, 0) is 13.6 Å². The van der Waals surface area contributed by atoms with Crippen LogP contribution in [0.5, 0.6) is 5.75 Å². The third kappa shape index (κ3) is 3.35. The Kier molecular flexibility index (Phi) is 4.48. The van der Waals surface area contributed by atoms with Crippen molar-refractivity contribution in [3.05, 3.63) is 52.7 Å². The van der Waals surface area contributed by atoms with E-state index in [4.69, 9.17) is 4.74 Å². The van der Waals surface area contributed by atoms with Crippen LogP contribution in [0.15, 0.2) is 41.4 Å². The fourth-order valence-electron chi connectivity index (χ4n) is 2.76. The molecule has 0 bridgehead atoms. The van der Waals surface area contributed by atoms with Gasteiger partial charge in [0.25, 0.3) is 5.91 Å². The zero-order chi connectivity index (χ0) is 18.1. The van der Waals surface area contributed by atoms with Gasteiger partial charge < -0.3 is 15.4 Å². The number of benzene rings is 1. The number of nitrogens with one attached hydrogen (secondary N) is 2. The Morgan fingerprint density at radius 3 is 3.12 bits per heavy atom. The van der Waals surface area contributed by atoms with Crippen LogP contribution in [0.1, 0.15) is 16.1 Å². The maximum atomic E-state index is 12.5. The number of imidazole rings is 1. The summed E-state index contributed by atoms with van der Waals surface area (Å²) in [5.41, 5.74) is 1.99. The Labute approximate surface area is 158 Å². The van der Waals surface area contributed by atoms with Gasteiger partial charge in [-0.15, -0.1) is 0 Å². The number of amides is 1. The molecule has 0 unspecified atom stereocenters. The SMILES string of the molecule is Cn1ccc(-n2cnc(C(=O)Nc3cc(Br)c4c(c3)CNCCO4)c2)n1. The lowest BCUT2D eigenvalue weighted by Crippen LogP contribution is -2.16. The van der Waals surface area contributed by atoms with Crippen molar-refractivity contribution in [2.45, 2.75) is 6.54 Å². The van der Waals surface area contributed by atoms with Gasteiger partial charge in [0.2, 0.25) is 0 Å². The van der Waals surface area contributed by atoms with Crippen LogP contribution in [0, 0.1) is 0 Å². The maximum Gasteiger partial charge on any atom is 0.275 e. The number of nitrogens with zero attached hydrogens (tertiary/aromatic N) is 4. The molecular formula is C17H17BrN6O2. The van der Waals surface area contributed by atoms with E-state index in [0.29, 0.717) is 30.4 Å². The van der Waals surface area contributed by atoms with Gasteiger partial charge in [0.05, 0.1) is 4.47 Å². The molecule has 2 N–H and O–H groups in total. The first kappa shape index (κ1) is 16.8. The van der Waals surface area contributed by atoms with Crippen LogP contribution in [-0.4, -0.2) is 38.4 Å². The molecule has 3 heterocycles. The molecule has 0 atom stereocenters. The number of carbonyl (C=O) groups is 1. The number of aromatic nitrogens is 4. The van der Waals surface area contributed by atoms with Crippen LogP contribution in [0.2, 0.25) is 0 Å². The first-order chi connectivity index (χ1) is 12.6. The Bertz CT molecular complexity index is 964. The van der Waals surface area contributed by atoms with Gasteiger partial charge in [0, 0.05) is 49.8 Å². The molecule has 0 saturated carbocycles. The van der Waals surface area contributed by atoms with E-state index in [9.17, 15) is 4.79 Å². The van der Waals surface area contributed by atoms with E-state index in [1.54, 1.807) is 21.8 Å². The van der Waals surface area contributed by atoms with Gasteiger partial charge in [-0.25, -0.2) is 4.98 Å². The van der Waals surface area contributed by atoms with Crippen molar-refractivity contribution in [3.63, 3.8) is 0 Å². The number of rotatable bonds is 3. The number of carbonyl (C=O) groups excluding carboxylic acids is 1. The monoisotopic (exact) mass is 416 g/mol. The lowest BCUT2D eigenvalue weighted by atomic mass is 10.1. The standard InChI is InChI=1S/C17H17BrN6O2/c1-23-4-2-15(22-23)24-9-14(20-10-24)17(25)21-12-6-11-8-19-3-5-26-16(11)13(18)7-12/h2,4,6-7,9-10,19H,3,5,8H2,1H3,(H,21,25). The lowest BCUT2D eigenvalue weighted by Gasteiger charge is -2.12. The Morgan fingerprint density at radius 1 is 1.42 bits per heavy atom. The van der Waals surface area contributed by atoms with Crippen molar-refractivity contribution in [1.29, 1.82) is 0 Å². The minimum Gasteiger partial charge on any atom is -0.491 e. The summed E-state index contributed by atoms with van der Waals surface area (Å²) in [6, 6.07) is 5.59. The molecule has 0 saturated heterocycles. The summed E-state index contributed by atoms with van der Waals surface area (Å²) >= 11 is 3.52. The summed E-state index contributed by atoms with van der Waals surface area (Å²) in [6.45, 7) is 2.09. The van der Waals surface area contributed by atoms with E-state index in [1.165, 1.54) is 0 Å². The van der Waals surface area contributed by atoms with Crippen LogP contribution in [0.25, 0.3) is 5.82 Å². The van der Waals surface area contributed by atoms with Crippen molar-refractivity contribution >= 4 is 27.5 Å². The summed E-state index contributed by atoms with van der Waals surface area (Å²) in [7, 11) is 1.84. The molecule has 2 aromatic heterocycles. The minimum absolute atomic E-state index is 0.283. The van der Waals surface area contributed by atoms with Crippen LogP contribution in [0.3, 0.4) is 0 Å². The fourth-order valence-corrected chi connectivity index (χ4v) is 3.38. The smallest absolute Gasteiger partial charge is 0.275 e. The molecule has 26 heavy (non-hydrogen) atoms. The summed E-state index contributed by atoms with van der Waals surface area (Å²) in [4.78, 5) is 16.7. The van der Waals surface area contributed by atoms with Crippen molar-refractivity contribution in [1.82, 2.24) is 24.6 Å². The summed E-state index contributed by atoms with van der Waals surface area (Å²) in [5, 5.41) is 10.5. The molecule has 1 aliphatic heterocycles. The number of fused-ring (bicyclic) bond motifs is 1. The number of anilines is 1. The molecular weight excluding hydrogens is 400 g/mol. The molecule has 3 aromatic rings. The largest absolute Gasteiger partial charge is 0.491 e. The fraction of sp³-hybridized carbons (Fsp3) is 0.235. The molecule has 0 aliphatic carbocycles. The van der Waals surface area contributed by atoms with E-state index in [2.05, 4.69) is 36.6 Å². The molecule has 134 valence electrons. The van der Waals surface area contributed by atoms with Gasteiger partial charge in [-0.05, 0) is 28.1 Å². The summed E-state index contributed by atoms with van der Waals surface area (Å²) < 4.78 is 9.95. The first-order valence-corrected chi connectivity index (χ1v) is 8.91. The quantitative estimate of drug-likeness (QED) is 0.682. The Balaban J connectivity index is 1.54. The molecule has 4 rings (SSSR count). The van der Waals surface area contributed by atoms with E-state index in [1.807, 2.05) is 31.4 Å². The topological polar surface area (TPSA) is 86.0 Å². The third-order valence-electron chi connectivity index (χ3n) is 4.00.